The van der Waals surface area contributed by atoms with Crippen molar-refractivity contribution in [1.29, 1.82) is 0 Å². The molecule has 1 aromatic carbocycles. The molecule has 0 saturated carbocycles. The summed E-state index contributed by atoms with van der Waals surface area (Å²) in [7, 11) is 1.70. The van der Waals surface area contributed by atoms with Gasteiger partial charge in [-0.25, -0.2) is 4.79 Å². The molecule has 29 heavy (non-hydrogen) atoms. The summed E-state index contributed by atoms with van der Waals surface area (Å²) in [6.45, 7) is 3.28. The monoisotopic (exact) mass is 394 g/mol. The summed E-state index contributed by atoms with van der Waals surface area (Å²) in [6.07, 6.45) is 5.20. The first-order chi connectivity index (χ1) is 14.1. The average molecular weight is 394 g/mol. The fourth-order valence-corrected chi connectivity index (χ4v) is 4.32. The van der Waals surface area contributed by atoms with Gasteiger partial charge in [0.1, 0.15) is 6.04 Å². The molecule has 4 rings (SSSR count). The molecule has 2 amide bonds. The molecule has 7 nitrogen and oxygen atoms in total. The number of imidazole rings is 1. The fourth-order valence-electron chi connectivity index (χ4n) is 4.32. The number of fused-ring (bicyclic) bond motifs is 1. The third kappa shape index (κ3) is 3.85. The molecule has 2 aliphatic rings. The SMILES string of the molecule is Cn1c(=O)n(C2CCC(=O)NC2=O)c2cccc(C#CCCN3CCCCC3)c21. The van der Waals surface area contributed by atoms with Crippen LogP contribution in [-0.4, -0.2) is 45.5 Å². The van der Waals surface area contributed by atoms with Crippen LogP contribution in [0.15, 0.2) is 23.0 Å². The number of carbonyl (C=O) groups excluding carboxylic acids is 2. The number of carbonyl (C=O) groups is 2. The predicted octanol–water partition coefficient (Wildman–Crippen LogP) is 1.55. The molecule has 1 aromatic heterocycles. The van der Waals surface area contributed by atoms with E-state index in [1.165, 1.54) is 23.8 Å². The quantitative estimate of drug-likeness (QED) is 0.633. The van der Waals surface area contributed by atoms with E-state index in [2.05, 4.69) is 22.1 Å². The second-order valence-corrected chi connectivity index (χ2v) is 7.81. The summed E-state index contributed by atoms with van der Waals surface area (Å²) >= 11 is 0. The number of piperidine rings is 2. The molecule has 3 heterocycles. The van der Waals surface area contributed by atoms with Gasteiger partial charge >= 0.3 is 5.69 Å². The van der Waals surface area contributed by atoms with E-state index in [0.29, 0.717) is 11.9 Å². The van der Waals surface area contributed by atoms with Crippen LogP contribution in [0, 0.1) is 11.8 Å². The van der Waals surface area contributed by atoms with E-state index in [1.54, 1.807) is 11.6 Å². The van der Waals surface area contributed by atoms with Crippen molar-refractivity contribution in [2.45, 2.75) is 44.6 Å². The Labute approximate surface area is 169 Å². The zero-order chi connectivity index (χ0) is 20.4. The van der Waals surface area contributed by atoms with E-state index in [9.17, 15) is 14.4 Å². The Morgan fingerprint density at radius 2 is 1.93 bits per heavy atom. The van der Waals surface area contributed by atoms with Gasteiger partial charge in [0.25, 0.3) is 0 Å². The first kappa shape index (κ1) is 19.5. The van der Waals surface area contributed by atoms with Crippen molar-refractivity contribution >= 4 is 22.8 Å². The Bertz CT molecular complexity index is 1060. The lowest BCUT2D eigenvalue weighted by atomic mass is 10.1. The summed E-state index contributed by atoms with van der Waals surface area (Å²) in [5, 5.41) is 2.34. The molecule has 2 fully saturated rings. The van der Waals surface area contributed by atoms with Crippen molar-refractivity contribution in [3.8, 4) is 11.8 Å². The number of hydrogen-bond acceptors (Lipinski definition) is 4. The van der Waals surface area contributed by atoms with Gasteiger partial charge in [0.05, 0.1) is 16.6 Å². The Hall–Kier alpha value is -2.85. The van der Waals surface area contributed by atoms with Crippen LogP contribution in [0.2, 0.25) is 0 Å². The second-order valence-electron chi connectivity index (χ2n) is 7.81. The maximum absolute atomic E-state index is 12.9. The van der Waals surface area contributed by atoms with Crippen LogP contribution < -0.4 is 11.0 Å². The maximum atomic E-state index is 12.9. The van der Waals surface area contributed by atoms with E-state index in [-0.39, 0.29) is 18.0 Å². The number of rotatable bonds is 3. The molecule has 2 saturated heterocycles. The molecular weight excluding hydrogens is 368 g/mol. The van der Waals surface area contributed by atoms with Gasteiger partial charge in [0.2, 0.25) is 11.8 Å². The number of aryl methyl sites for hydroxylation is 1. The number of nitrogens with zero attached hydrogens (tertiary/aromatic N) is 3. The van der Waals surface area contributed by atoms with Crippen LogP contribution in [0.4, 0.5) is 0 Å². The lowest BCUT2D eigenvalue weighted by molar-refractivity contribution is -0.135. The Balaban J connectivity index is 1.62. The lowest BCUT2D eigenvalue weighted by Gasteiger charge is -2.25. The number of aromatic nitrogens is 2. The van der Waals surface area contributed by atoms with Gasteiger partial charge in [-0.1, -0.05) is 24.3 Å². The van der Waals surface area contributed by atoms with Crippen molar-refractivity contribution in [1.82, 2.24) is 19.4 Å². The molecule has 0 aliphatic carbocycles. The normalized spacial score (nSPS) is 20.4. The summed E-state index contributed by atoms with van der Waals surface area (Å²) in [5.41, 5.74) is 1.92. The van der Waals surface area contributed by atoms with Crippen LogP contribution >= 0.6 is 0 Å². The molecule has 2 aromatic rings. The van der Waals surface area contributed by atoms with E-state index >= 15 is 0 Å². The van der Waals surface area contributed by atoms with Crippen LogP contribution in [0.25, 0.3) is 11.0 Å². The molecule has 152 valence electrons. The molecule has 7 heteroatoms. The Morgan fingerprint density at radius 3 is 2.69 bits per heavy atom. The number of para-hydroxylation sites is 1. The minimum Gasteiger partial charge on any atom is -0.302 e. The number of nitrogens with one attached hydrogen (secondary N) is 1. The molecular formula is C22H26N4O3. The van der Waals surface area contributed by atoms with Gasteiger partial charge in [0, 0.05) is 26.4 Å². The maximum Gasteiger partial charge on any atom is 0.329 e. The van der Waals surface area contributed by atoms with Crippen molar-refractivity contribution in [3.05, 3.63) is 34.2 Å². The summed E-state index contributed by atoms with van der Waals surface area (Å²) in [6, 6.07) is 4.93. The average Bonchev–Trinajstić information content (AvgIpc) is 2.98. The predicted molar refractivity (Wildman–Crippen MR) is 110 cm³/mol. The molecule has 0 radical (unpaired) electrons. The molecule has 1 N–H and O–H groups in total. The standard InChI is InChI=1S/C22H26N4O3/c1-24-20-16(8-3-6-15-25-13-4-2-5-14-25)9-7-10-17(20)26(22(24)29)18-11-12-19(27)23-21(18)28/h7,9-10,18H,2,4-6,11-15H2,1H3,(H,23,27,28). The van der Waals surface area contributed by atoms with Gasteiger partial charge in [-0.3, -0.25) is 24.0 Å². The number of hydrogen-bond donors (Lipinski definition) is 1. The van der Waals surface area contributed by atoms with E-state index < -0.39 is 11.9 Å². The minimum absolute atomic E-state index is 0.231. The van der Waals surface area contributed by atoms with E-state index in [1.807, 2.05) is 18.2 Å². The Morgan fingerprint density at radius 1 is 1.14 bits per heavy atom. The lowest BCUT2D eigenvalue weighted by Crippen LogP contribution is -2.44. The summed E-state index contributed by atoms with van der Waals surface area (Å²) in [4.78, 5) is 39.2. The van der Waals surface area contributed by atoms with Gasteiger partial charge < -0.3 is 4.90 Å². The molecule has 1 unspecified atom stereocenters. The highest BCUT2D eigenvalue weighted by molar-refractivity contribution is 6.00. The van der Waals surface area contributed by atoms with Crippen molar-refractivity contribution < 1.29 is 9.59 Å². The molecule has 0 bridgehead atoms. The first-order valence-electron chi connectivity index (χ1n) is 10.3. The smallest absolute Gasteiger partial charge is 0.302 e. The van der Waals surface area contributed by atoms with Crippen molar-refractivity contribution in [2.75, 3.05) is 19.6 Å². The van der Waals surface area contributed by atoms with Crippen LogP contribution in [0.3, 0.4) is 0 Å². The van der Waals surface area contributed by atoms with Crippen molar-refractivity contribution in [2.24, 2.45) is 7.05 Å². The number of amides is 2. The minimum atomic E-state index is -0.675. The number of likely N-dealkylation sites (tertiary alicyclic amines) is 1. The molecule has 0 spiro atoms. The zero-order valence-electron chi connectivity index (χ0n) is 16.7. The largest absolute Gasteiger partial charge is 0.329 e. The van der Waals surface area contributed by atoms with Gasteiger partial charge in [-0.05, 0) is 44.5 Å². The summed E-state index contributed by atoms with van der Waals surface area (Å²) < 4.78 is 3.05. The van der Waals surface area contributed by atoms with Crippen LogP contribution in [-0.2, 0) is 16.6 Å². The van der Waals surface area contributed by atoms with Gasteiger partial charge in [-0.15, -0.1) is 0 Å². The highest BCUT2D eigenvalue weighted by atomic mass is 16.2. The van der Waals surface area contributed by atoms with Gasteiger partial charge in [0.15, 0.2) is 0 Å². The third-order valence-corrected chi connectivity index (χ3v) is 5.85. The molecule has 2 aliphatic heterocycles. The Kier molecular flexibility index (Phi) is 5.54. The first-order valence-corrected chi connectivity index (χ1v) is 10.3. The topological polar surface area (TPSA) is 76.3 Å². The third-order valence-electron chi connectivity index (χ3n) is 5.85. The number of imide groups is 1. The van der Waals surface area contributed by atoms with Crippen molar-refractivity contribution in [3.63, 3.8) is 0 Å². The van der Waals surface area contributed by atoms with Crippen LogP contribution in [0.1, 0.15) is 50.1 Å². The number of benzene rings is 1. The highest BCUT2D eigenvalue weighted by Gasteiger charge is 2.31. The zero-order valence-corrected chi connectivity index (χ0v) is 16.7. The second kappa shape index (κ2) is 8.26. The van der Waals surface area contributed by atoms with E-state index in [0.717, 1.165) is 37.1 Å². The summed E-state index contributed by atoms with van der Waals surface area (Å²) in [5.74, 6) is 5.76. The van der Waals surface area contributed by atoms with Crippen LogP contribution in [0.5, 0.6) is 0 Å². The van der Waals surface area contributed by atoms with E-state index in [4.69, 9.17) is 0 Å². The fraction of sp³-hybridized carbons (Fsp3) is 0.500. The molecule has 1 atom stereocenters. The van der Waals surface area contributed by atoms with Gasteiger partial charge in [-0.2, -0.15) is 0 Å². The highest BCUT2D eigenvalue weighted by Crippen LogP contribution is 2.24.